The zero-order valence-corrected chi connectivity index (χ0v) is 11.1. The van der Waals surface area contributed by atoms with Crippen molar-refractivity contribution in [2.45, 2.75) is 9.79 Å². The number of aldehydes is 1. The SMILES string of the molecule is O=Cc1ccc(Sc2ccccc2Cl)c([N+](=O)[O-])c1. The van der Waals surface area contributed by atoms with Gasteiger partial charge in [0.25, 0.3) is 5.69 Å². The maximum atomic E-state index is 11.0. The van der Waals surface area contributed by atoms with Crippen molar-refractivity contribution >= 4 is 35.3 Å². The molecule has 0 heterocycles. The summed E-state index contributed by atoms with van der Waals surface area (Å²) in [6.07, 6.45) is 0.580. The summed E-state index contributed by atoms with van der Waals surface area (Å²) >= 11 is 7.22. The number of halogens is 1. The minimum atomic E-state index is -0.508. The fourth-order valence-corrected chi connectivity index (χ4v) is 2.66. The molecule has 2 aromatic rings. The first-order chi connectivity index (χ1) is 9.11. The summed E-state index contributed by atoms with van der Waals surface area (Å²) in [5, 5.41) is 11.5. The van der Waals surface area contributed by atoms with E-state index in [4.69, 9.17) is 11.6 Å². The van der Waals surface area contributed by atoms with Crippen molar-refractivity contribution in [2.24, 2.45) is 0 Å². The normalized spacial score (nSPS) is 10.2. The zero-order chi connectivity index (χ0) is 13.8. The number of carbonyl (C=O) groups is 1. The van der Waals surface area contributed by atoms with E-state index in [0.717, 1.165) is 4.90 Å². The Morgan fingerprint density at radius 3 is 2.53 bits per heavy atom. The van der Waals surface area contributed by atoms with Crippen LogP contribution in [-0.2, 0) is 0 Å². The van der Waals surface area contributed by atoms with Crippen molar-refractivity contribution < 1.29 is 9.72 Å². The van der Waals surface area contributed by atoms with E-state index in [0.29, 0.717) is 16.2 Å². The van der Waals surface area contributed by atoms with Crippen LogP contribution in [-0.4, -0.2) is 11.2 Å². The molecule has 0 aliphatic carbocycles. The van der Waals surface area contributed by atoms with Crippen molar-refractivity contribution in [3.63, 3.8) is 0 Å². The average Bonchev–Trinajstić information content (AvgIpc) is 2.41. The highest BCUT2D eigenvalue weighted by molar-refractivity contribution is 7.99. The Hall–Kier alpha value is -1.85. The van der Waals surface area contributed by atoms with Crippen LogP contribution in [0.15, 0.2) is 52.3 Å². The van der Waals surface area contributed by atoms with Crippen LogP contribution in [0.4, 0.5) is 5.69 Å². The van der Waals surface area contributed by atoms with Crippen LogP contribution in [0.1, 0.15) is 10.4 Å². The molecule has 0 N–H and O–H groups in total. The molecule has 0 spiro atoms. The number of nitro groups is 1. The topological polar surface area (TPSA) is 60.2 Å². The monoisotopic (exact) mass is 293 g/mol. The van der Waals surface area contributed by atoms with Crippen LogP contribution in [0.2, 0.25) is 5.02 Å². The van der Waals surface area contributed by atoms with Gasteiger partial charge in [-0.2, -0.15) is 0 Å². The molecule has 0 unspecified atom stereocenters. The van der Waals surface area contributed by atoms with Crippen LogP contribution >= 0.6 is 23.4 Å². The largest absolute Gasteiger partial charge is 0.298 e. The molecule has 2 rings (SSSR count). The summed E-state index contributed by atoms with van der Waals surface area (Å²) in [5.41, 5.74) is 0.171. The number of benzene rings is 2. The molecule has 0 aromatic heterocycles. The first kappa shape index (κ1) is 13.6. The molecule has 0 aliphatic rings. The third kappa shape index (κ3) is 3.13. The molecular formula is C13H8ClNO3S. The lowest BCUT2D eigenvalue weighted by Crippen LogP contribution is -1.93. The van der Waals surface area contributed by atoms with Crippen LogP contribution in [0.5, 0.6) is 0 Å². The first-order valence-electron chi connectivity index (χ1n) is 5.28. The van der Waals surface area contributed by atoms with E-state index in [2.05, 4.69) is 0 Å². The molecule has 6 heteroatoms. The highest BCUT2D eigenvalue weighted by Crippen LogP contribution is 2.38. The number of hydrogen-bond acceptors (Lipinski definition) is 4. The fourth-order valence-electron chi connectivity index (χ4n) is 1.48. The Bertz CT molecular complexity index is 646. The lowest BCUT2D eigenvalue weighted by molar-refractivity contribution is -0.387. The van der Waals surface area contributed by atoms with Gasteiger partial charge in [0.2, 0.25) is 0 Å². The molecule has 96 valence electrons. The summed E-state index contributed by atoms with van der Waals surface area (Å²) < 4.78 is 0. The van der Waals surface area contributed by atoms with Gasteiger partial charge in [-0.15, -0.1) is 0 Å². The van der Waals surface area contributed by atoms with E-state index in [1.54, 1.807) is 36.4 Å². The van der Waals surface area contributed by atoms with Gasteiger partial charge < -0.3 is 0 Å². The predicted octanol–water partition coefficient (Wildman–Crippen LogP) is 4.21. The van der Waals surface area contributed by atoms with Gasteiger partial charge in [-0.05, 0) is 18.2 Å². The Kier molecular flexibility index (Phi) is 4.19. The summed E-state index contributed by atoms with van der Waals surface area (Å²) in [7, 11) is 0. The zero-order valence-electron chi connectivity index (χ0n) is 9.58. The second kappa shape index (κ2) is 5.86. The van der Waals surface area contributed by atoms with Gasteiger partial charge in [0.1, 0.15) is 6.29 Å². The molecule has 0 atom stereocenters. The van der Waals surface area contributed by atoms with Gasteiger partial charge in [-0.3, -0.25) is 14.9 Å². The molecule has 0 fully saturated rings. The van der Waals surface area contributed by atoms with E-state index in [-0.39, 0.29) is 11.3 Å². The van der Waals surface area contributed by atoms with Crippen molar-refractivity contribution in [1.82, 2.24) is 0 Å². The molecule has 4 nitrogen and oxygen atoms in total. The van der Waals surface area contributed by atoms with Crippen LogP contribution < -0.4 is 0 Å². The number of nitrogens with zero attached hydrogens (tertiary/aromatic N) is 1. The van der Waals surface area contributed by atoms with Gasteiger partial charge in [0.05, 0.1) is 14.8 Å². The molecule has 0 amide bonds. The standard InChI is InChI=1S/C13H8ClNO3S/c14-10-3-1-2-4-12(10)19-13-6-5-9(8-16)7-11(13)15(17)18/h1-8H. The van der Waals surface area contributed by atoms with Crippen LogP contribution in [0.25, 0.3) is 0 Å². The number of nitro benzene ring substituents is 1. The third-order valence-corrected chi connectivity index (χ3v) is 3.96. The van der Waals surface area contributed by atoms with E-state index >= 15 is 0 Å². The van der Waals surface area contributed by atoms with Gasteiger partial charge >= 0.3 is 0 Å². The van der Waals surface area contributed by atoms with Crippen LogP contribution in [0.3, 0.4) is 0 Å². The Morgan fingerprint density at radius 2 is 1.89 bits per heavy atom. The van der Waals surface area contributed by atoms with Crippen molar-refractivity contribution in [1.29, 1.82) is 0 Å². The average molecular weight is 294 g/mol. The highest BCUT2D eigenvalue weighted by Gasteiger charge is 2.16. The molecule has 0 saturated carbocycles. The number of carbonyl (C=O) groups excluding carboxylic acids is 1. The van der Waals surface area contributed by atoms with Crippen molar-refractivity contribution in [2.75, 3.05) is 0 Å². The lowest BCUT2D eigenvalue weighted by Gasteiger charge is -2.05. The predicted molar refractivity (Wildman–Crippen MR) is 74.1 cm³/mol. The number of hydrogen-bond donors (Lipinski definition) is 0. The molecular weight excluding hydrogens is 286 g/mol. The second-order valence-electron chi connectivity index (χ2n) is 3.63. The van der Waals surface area contributed by atoms with Gasteiger partial charge in [0.15, 0.2) is 0 Å². The maximum absolute atomic E-state index is 11.0. The quantitative estimate of drug-likeness (QED) is 0.481. The molecule has 19 heavy (non-hydrogen) atoms. The highest BCUT2D eigenvalue weighted by atomic mass is 35.5. The number of rotatable bonds is 4. The van der Waals surface area contributed by atoms with E-state index in [9.17, 15) is 14.9 Å². The van der Waals surface area contributed by atoms with Crippen molar-refractivity contribution in [3.8, 4) is 0 Å². The van der Waals surface area contributed by atoms with Gasteiger partial charge in [-0.1, -0.05) is 41.6 Å². The smallest absolute Gasteiger partial charge is 0.283 e. The van der Waals surface area contributed by atoms with E-state index in [1.807, 2.05) is 0 Å². The molecule has 0 aliphatic heterocycles. The Morgan fingerprint density at radius 1 is 1.16 bits per heavy atom. The molecule has 0 saturated heterocycles. The summed E-state index contributed by atoms with van der Waals surface area (Å²) in [6, 6.07) is 11.4. The summed E-state index contributed by atoms with van der Waals surface area (Å²) in [6.45, 7) is 0. The minimum absolute atomic E-state index is 0.102. The van der Waals surface area contributed by atoms with E-state index < -0.39 is 4.92 Å². The third-order valence-electron chi connectivity index (χ3n) is 2.37. The van der Waals surface area contributed by atoms with Gasteiger partial charge in [-0.25, -0.2) is 0 Å². The Balaban J connectivity index is 2.43. The molecule has 0 radical (unpaired) electrons. The lowest BCUT2D eigenvalue weighted by atomic mass is 10.2. The molecule has 0 bridgehead atoms. The van der Waals surface area contributed by atoms with Crippen molar-refractivity contribution in [3.05, 3.63) is 63.2 Å². The Labute approximate surface area is 118 Å². The second-order valence-corrected chi connectivity index (χ2v) is 5.13. The molecule has 2 aromatic carbocycles. The maximum Gasteiger partial charge on any atom is 0.283 e. The summed E-state index contributed by atoms with van der Waals surface area (Å²) in [4.78, 5) is 22.3. The van der Waals surface area contributed by atoms with E-state index in [1.165, 1.54) is 17.8 Å². The fraction of sp³-hybridized carbons (Fsp3) is 0. The summed E-state index contributed by atoms with van der Waals surface area (Å²) in [5.74, 6) is 0. The minimum Gasteiger partial charge on any atom is -0.298 e. The van der Waals surface area contributed by atoms with Crippen LogP contribution in [0, 0.1) is 10.1 Å². The van der Waals surface area contributed by atoms with Gasteiger partial charge in [0, 0.05) is 16.5 Å². The first-order valence-corrected chi connectivity index (χ1v) is 6.47.